The van der Waals surface area contributed by atoms with E-state index in [2.05, 4.69) is 65.1 Å². The Kier molecular flexibility index (Phi) is 8.81. The van der Waals surface area contributed by atoms with Crippen LogP contribution in [0, 0.1) is 5.92 Å². The highest BCUT2D eigenvalue weighted by molar-refractivity contribution is 5.95. The van der Waals surface area contributed by atoms with Gasteiger partial charge in [0.05, 0.1) is 6.10 Å². The summed E-state index contributed by atoms with van der Waals surface area (Å²) >= 11 is 0. The van der Waals surface area contributed by atoms with Crippen molar-refractivity contribution in [2.24, 2.45) is 5.92 Å². The van der Waals surface area contributed by atoms with Gasteiger partial charge in [0.25, 0.3) is 0 Å². The molecule has 0 N–H and O–H groups in total. The van der Waals surface area contributed by atoms with Gasteiger partial charge in [-0.25, -0.2) is 9.78 Å². The highest BCUT2D eigenvalue weighted by Crippen LogP contribution is 2.28. The molecule has 0 radical (unpaired) electrons. The lowest BCUT2D eigenvalue weighted by Gasteiger charge is -2.29. The second-order valence-corrected chi connectivity index (χ2v) is 10.0. The van der Waals surface area contributed by atoms with Crippen LogP contribution in [0.3, 0.4) is 0 Å². The lowest BCUT2D eigenvalue weighted by Crippen LogP contribution is -2.37. The highest BCUT2D eigenvalue weighted by atomic mass is 16.5. The van der Waals surface area contributed by atoms with E-state index >= 15 is 0 Å². The second kappa shape index (κ2) is 12.2. The number of anilines is 1. The van der Waals surface area contributed by atoms with Gasteiger partial charge in [0, 0.05) is 37.4 Å². The first-order valence-corrected chi connectivity index (χ1v) is 13.2. The number of hydrogen-bond acceptors (Lipinski definition) is 6. The van der Waals surface area contributed by atoms with Crippen molar-refractivity contribution in [3.05, 3.63) is 77.5 Å². The van der Waals surface area contributed by atoms with Crippen LogP contribution in [-0.2, 0) is 11.3 Å². The monoisotopic (exact) mass is 489 g/mol. The summed E-state index contributed by atoms with van der Waals surface area (Å²) in [4.78, 5) is 21.9. The van der Waals surface area contributed by atoms with Gasteiger partial charge in [0.2, 0.25) is 0 Å². The molecule has 4 rings (SSSR count). The van der Waals surface area contributed by atoms with E-state index in [-0.39, 0.29) is 12.1 Å². The molecule has 2 heterocycles. The average Bonchev–Trinajstić information content (AvgIpc) is 3.36. The number of carbonyl (C=O) groups is 1. The molecule has 1 aromatic carbocycles. The van der Waals surface area contributed by atoms with Crippen LogP contribution in [0.15, 0.2) is 66.4 Å². The van der Waals surface area contributed by atoms with Gasteiger partial charge in [-0.05, 0) is 62.9 Å². The van der Waals surface area contributed by atoms with E-state index < -0.39 is 0 Å². The maximum atomic E-state index is 12.7. The van der Waals surface area contributed by atoms with Crippen LogP contribution in [-0.4, -0.2) is 54.2 Å². The minimum absolute atomic E-state index is 0.163. The fourth-order valence-electron chi connectivity index (χ4n) is 4.99. The summed E-state index contributed by atoms with van der Waals surface area (Å²) in [7, 11) is 0. The summed E-state index contributed by atoms with van der Waals surface area (Å²) in [6.45, 7) is 12.2. The molecule has 1 aromatic heterocycles. The van der Waals surface area contributed by atoms with Crippen LogP contribution in [0.5, 0.6) is 5.75 Å². The van der Waals surface area contributed by atoms with Crippen molar-refractivity contribution in [3.63, 3.8) is 0 Å². The minimum Gasteiger partial charge on any atom is -0.489 e. The molecule has 192 valence electrons. The third-order valence-electron chi connectivity index (χ3n) is 6.81. The summed E-state index contributed by atoms with van der Waals surface area (Å²) in [5.74, 6) is 1.92. The third-order valence-corrected chi connectivity index (χ3v) is 6.81. The number of esters is 1. The zero-order chi connectivity index (χ0) is 25.5. The second-order valence-electron chi connectivity index (χ2n) is 10.0. The topological polar surface area (TPSA) is 54.9 Å². The normalized spacial score (nSPS) is 19.6. The number of allylic oxidation sites excluding steroid dienone is 2. The Bertz CT molecular complexity index is 1090. The minimum atomic E-state index is -0.313. The molecule has 0 bridgehead atoms. The number of likely N-dealkylation sites (N-methyl/N-ethyl adjacent to an activating group) is 1. The standard InChI is InChI=1S/C30H39N3O3/c1-5-32(19-25-12-6-7-14-28(25)35-21-24-11-8-10-23(4)18-24)26-15-17-33(20-26)29-27(13-9-16-31-29)30(34)36-22(2)3/h6-9,11-14,16,18,22-23,26H,5,10,15,17,19-21H2,1-4H3/t23?,26-/m0/s1. The van der Waals surface area contributed by atoms with Gasteiger partial charge in [-0.3, -0.25) is 4.90 Å². The van der Waals surface area contributed by atoms with Crippen molar-refractivity contribution in [2.45, 2.75) is 59.2 Å². The van der Waals surface area contributed by atoms with Crippen molar-refractivity contribution >= 4 is 11.8 Å². The van der Waals surface area contributed by atoms with E-state index in [0.717, 1.165) is 44.8 Å². The van der Waals surface area contributed by atoms with Gasteiger partial charge in [-0.1, -0.05) is 50.3 Å². The summed E-state index contributed by atoms with van der Waals surface area (Å²) in [5, 5.41) is 0. The zero-order valence-corrected chi connectivity index (χ0v) is 22.0. The maximum absolute atomic E-state index is 12.7. The van der Waals surface area contributed by atoms with E-state index in [1.807, 2.05) is 26.0 Å². The number of pyridine rings is 1. The predicted molar refractivity (Wildman–Crippen MR) is 144 cm³/mol. The molecule has 1 saturated heterocycles. The fourth-order valence-corrected chi connectivity index (χ4v) is 4.99. The number of hydrogen-bond donors (Lipinski definition) is 0. The van der Waals surface area contributed by atoms with Gasteiger partial charge >= 0.3 is 5.97 Å². The first-order chi connectivity index (χ1) is 17.4. The molecule has 1 aliphatic carbocycles. The molecule has 2 aliphatic rings. The van der Waals surface area contributed by atoms with Crippen LogP contribution < -0.4 is 9.64 Å². The smallest absolute Gasteiger partial charge is 0.342 e. The predicted octanol–water partition coefficient (Wildman–Crippen LogP) is 5.65. The van der Waals surface area contributed by atoms with E-state index in [9.17, 15) is 4.79 Å². The number of carbonyl (C=O) groups excluding carboxylic acids is 1. The molecule has 36 heavy (non-hydrogen) atoms. The largest absolute Gasteiger partial charge is 0.489 e. The van der Waals surface area contributed by atoms with E-state index in [1.54, 1.807) is 12.3 Å². The summed E-state index contributed by atoms with van der Waals surface area (Å²) in [6, 6.07) is 12.3. The number of benzene rings is 1. The Morgan fingerprint density at radius 3 is 2.83 bits per heavy atom. The molecule has 0 amide bonds. The number of aromatic nitrogens is 1. The van der Waals surface area contributed by atoms with Crippen LogP contribution in [0.4, 0.5) is 5.82 Å². The van der Waals surface area contributed by atoms with E-state index in [4.69, 9.17) is 9.47 Å². The van der Waals surface area contributed by atoms with Crippen molar-refractivity contribution in [3.8, 4) is 5.75 Å². The molecule has 2 aromatic rings. The molecular formula is C30H39N3O3. The van der Waals surface area contributed by atoms with Crippen molar-refractivity contribution < 1.29 is 14.3 Å². The van der Waals surface area contributed by atoms with Crippen LogP contribution in [0.25, 0.3) is 0 Å². The number of rotatable bonds is 10. The highest BCUT2D eigenvalue weighted by Gasteiger charge is 2.30. The van der Waals surface area contributed by atoms with Crippen molar-refractivity contribution in [1.82, 2.24) is 9.88 Å². The van der Waals surface area contributed by atoms with Crippen molar-refractivity contribution in [1.29, 1.82) is 0 Å². The summed E-state index contributed by atoms with van der Waals surface area (Å²) in [5.41, 5.74) is 2.98. The van der Waals surface area contributed by atoms with Crippen LogP contribution in [0.2, 0.25) is 0 Å². The lowest BCUT2D eigenvalue weighted by molar-refractivity contribution is 0.0378. The number of para-hydroxylation sites is 1. The maximum Gasteiger partial charge on any atom is 0.342 e. The van der Waals surface area contributed by atoms with Gasteiger partial charge in [-0.2, -0.15) is 0 Å². The molecule has 0 spiro atoms. The Balaban J connectivity index is 1.42. The fraction of sp³-hybridized carbons (Fsp3) is 0.467. The Hall–Kier alpha value is -3.12. The van der Waals surface area contributed by atoms with Crippen LogP contribution in [0.1, 0.15) is 56.5 Å². The van der Waals surface area contributed by atoms with Gasteiger partial charge in [0.1, 0.15) is 23.7 Å². The van der Waals surface area contributed by atoms with Gasteiger partial charge < -0.3 is 14.4 Å². The average molecular weight is 490 g/mol. The molecule has 2 atom stereocenters. The number of nitrogens with zero attached hydrogens (tertiary/aromatic N) is 3. The van der Waals surface area contributed by atoms with Gasteiger partial charge in [0.15, 0.2) is 0 Å². The number of ether oxygens (including phenoxy) is 2. The van der Waals surface area contributed by atoms with E-state index in [0.29, 0.717) is 29.9 Å². The molecule has 0 saturated carbocycles. The molecular weight excluding hydrogens is 450 g/mol. The zero-order valence-electron chi connectivity index (χ0n) is 22.0. The third kappa shape index (κ3) is 6.55. The Morgan fingerprint density at radius 1 is 1.22 bits per heavy atom. The Labute approximate surface area is 215 Å². The SMILES string of the molecule is CCN(Cc1ccccc1OCC1=CC(C)CC=C1)[C@H]1CCN(c2ncccc2C(=O)OC(C)C)C1. The first kappa shape index (κ1) is 26.0. The van der Waals surface area contributed by atoms with Crippen LogP contribution >= 0.6 is 0 Å². The van der Waals surface area contributed by atoms with Crippen molar-refractivity contribution in [2.75, 3.05) is 31.1 Å². The molecule has 1 aliphatic heterocycles. The van der Waals surface area contributed by atoms with E-state index in [1.165, 1.54) is 11.1 Å². The first-order valence-electron chi connectivity index (χ1n) is 13.2. The quantitative estimate of drug-likeness (QED) is 0.402. The molecule has 6 nitrogen and oxygen atoms in total. The summed E-state index contributed by atoms with van der Waals surface area (Å²) in [6.07, 6.45) is 10.4. The summed E-state index contributed by atoms with van der Waals surface area (Å²) < 4.78 is 11.7. The molecule has 6 heteroatoms. The van der Waals surface area contributed by atoms with Gasteiger partial charge in [-0.15, -0.1) is 0 Å². The molecule has 1 fully saturated rings. The lowest BCUT2D eigenvalue weighted by atomic mass is 9.98. The Morgan fingerprint density at radius 2 is 2.06 bits per heavy atom. The molecule has 1 unspecified atom stereocenters.